The first-order valence-electron chi connectivity index (χ1n) is 8.24. The average Bonchev–Trinajstić information content (AvgIpc) is 2.54. The highest BCUT2D eigenvalue weighted by molar-refractivity contribution is 7.92. The lowest BCUT2D eigenvalue weighted by molar-refractivity contribution is -0.913. The number of likely N-dealkylation sites (N-methyl/N-ethyl adjacent to an activating group) is 2. The molecule has 0 amide bonds. The molecule has 1 saturated heterocycles. The summed E-state index contributed by atoms with van der Waals surface area (Å²) in [6.45, 7) is 6.51. The number of halogens is 2. The van der Waals surface area contributed by atoms with Crippen molar-refractivity contribution in [3.63, 3.8) is 0 Å². The first-order chi connectivity index (χ1) is 11.5. The largest absolute Gasteiger partial charge is 0.324 e. The summed E-state index contributed by atoms with van der Waals surface area (Å²) in [5.74, 6) is -0.129. The molecule has 0 bridgehead atoms. The van der Waals surface area contributed by atoms with Gasteiger partial charge < -0.3 is 4.48 Å². The minimum atomic E-state index is -3.85. The monoisotopic (exact) mass is 410 g/mol. The molecule has 0 atom stereocenters. The molecule has 1 fully saturated rings. The van der Waals surface area contributed by atoms with Crippen LogP contribution in [0, 0.1) is 6.92 Å². The second kappa shape index (κ2) is 7.98. The number of hydrogen-bond acceptors (Lipinski definition) is 4. The third kappa shape index (κ3) is 5.21. The average molecular weight is 411 g/mol. The highest BCUT2D eigenvalue weighted by Crippen LogP contribution is 2.30. The Kier molecular flexibility index (Phi) is 6.62. The molecule has 0 aliphatic carbocycles. The zero-order chi connectivity index (χ0) is 18.8. The van der Waals surface area contributed by atoms with Gasteiger partial charge in [-0.2, -0.15) is 0 Å². The van der Waals surface area contributed by atoms with Crippen LogP contribution >= 0.6 is 23.2 Å². The van der Waals surface area contributed by atoms with Gasteiger partial charge in [0.1, 0.15) is 0 Å². The summed E-state index contributed by atoms with van der Waals surface area (Å²) < 4.78 is 26.0. The molecule has 1 aromatic carbocycles. The normalized spacial score (nSPS) is 18.3. The number of quaternary nitrogens is 1. The number of sulfonamides is 1. The number of hydrogen-bond donors (Lipinski definition) is 1. The molecule has 1 N–H and O–H groups in total. The van der Waals surface area contributed by atoms with Crippen molar-refractivity contribution in [3.05, 3.63) is 27.7 Å². The Hall–Kier alpha value is -0.570. The number of rotatable bonds is 6. The predicted molar refractivity (Wildman–Crippen MR) is 102 cm³/mol. The van der Waals surface area contributed by atoms with Crippen LogP contribution in [0.1, 0.15) is 12.0 Å². The van der Waals surface area contributed by atoms with Crippen LogP contribution in [0.5, 0.6) is 0 Å². The molecule has 0 unspecified atom stereocenters. The lowest BCUT2D eigenvalue weighted by atomic mass is 10.2. The highest BCUT2D eigenvalue weighted by Gasteiger charge is 2.29. The third-order valence-corrected chi connectivity index (χ3v) is 7.22. The van der Waals surface area contributed by atoms with Gasteiger partial charge in [-0.25, -0.2) is 8.42 Å². The molecular weight excluding hydrogens is 385 g/mol. The number of nitrogens with zero attached hydrogens (tertiary/aromatic N) is 3. The molecule has 1 heterocycles. The van der Waals surface area contributed by atoms with Crippen LogP contribution in [-0.4, -0.2) is 75.6 Å². The van der Waals surface area contributed by atoms with E-state index < -0.39 is 10.0 Å². The molecule has 142 valence electrons. The molecule has 1 aromatic rings. The van der Waals surface area contributed by atoms with E-state index in [1.54, 1.807) is 6.92 Å². The lowest BCUT2D eigenvalue weighted by Gasteiger charge is -2.41. The molecule has 0 spiro atoms. The van der Waals surface area contributed by atoms with E-state index in [9.17, 15) is 13.6 Å². The molecular formula is C16H26Cl2N3O3S+. The van der Waals surface area contributed by atoms with Crippen LogP contribution in [0.15, 0.2) is 12.1 Å². The van der Waals surface area contributed by atoms with Gasteiger partial charge in [0.05, 0.1) is 38.1 Å². The summed E-state index contributed by atoms with van der Waals surface area (Å²) in [6.07, 6.45) is 0.479. The topological polar surface area (TPSA) is 60.9 Å². The minimum absolute atomic E-state index is 0.0561. The third-order valence-electron chi connectivity index (χ3n) is 4.89. The van der Waals surface area contributed by atoms with Gasteiger partial charge in [0.15, 0.2) is 0 Å². The van der Waals surface area contributed by atoms with Gasteiger partial charge in [-0.3, -0.25) is 10.1 Å². The standard InChI is InChI=1S/C16H26Cl2N3O3S/c1-13-15(17)11-14(12-16(13)18)20(22)25(23,24)10-4-7-21(3)8-5-19(2)6-9-21/h11-12,22H,4-10H2,1-3H3/q+1. The van der Waals surface area contributed by atoms with E-state index in [1.165, 1.54) is 12.1 Å². The van der Waals surface area contributed by atoms with Crippen molar-refractivity contribution in [2.24, 2.45) is 0 Å². The maximum atomic E-state index is 12.4. The Morgan fingerprint density at radius 2 is 1.76 bits per heavy atom. The van der Waals surface area contributed by atoms with Crippen LogP contribution in [0.25, 0.3) is 0 Å². The van der Waals surface area contributed by atoms with Crippen LogP contribution in [-0.2, 0) is 10.0 Å². The Morgan fingerprint density at radius 1 is 1.24 bits per heavy atom. The first-order valence-corrected chi connectivity index (χ1v) is 10.6. The van der Waals surface area contributed by atoms with Gasteiger partial charge in [-0.1, -0.05) is 23.2 Å². The Labute approximate surface area is 160 Å². The Morgan fingerprint density at radius 3 is 2.28 bits per heavy atom. The van der Waals surface area contributed by atoms with Crippen LogP contribution in [0.2, 0.25) is 10.0 Å². The second-order valence-corrected chi connectivity index (χ2v) is 9.77. The summed E-state index contributed by atoms with van der Waals surface area (Å²) in [4.78, 5) is 2.27. The quantitative estimate of drug-likeness (QED) is 0.578. The number of benzene rings is 1. The predicted octanol–water partition coefficient (Wildman–Crippen LogP) is 2.61. The molecule has 0 saturated carbocycles. The molecule has 2 rings (SSSR count). The zero-order valence-electron chi connectivity index (χ0n) is 14.9. The summed E-state index contributed by atoms with van der Waals surface area (Å²) in [6, 6.07) is 2.79. The van der Waals surface area contributed by atoms with Crippen LogP contribution in [0.4, 0.5) is 5.69 Å². The van der Waals surface area contributed by atoms with E-state index in [-0.39, 0.29) is 15.9 Å². The fourth-order valence-electron chi connectivity index (χ4n) is 2.89. The summed E-state index contributed by atoms with van der Waals surface area (Å²) in [5.41, 5.74) is 0.700. The molecule has 0 radical (unpaired) electrons. The molecule has 0 aromatic heterocycles. The summed E-state index contributed by atoms with van der Waals surface area (Å²) in [7, 11) is 0.394. The maximum Gasteiger partial charge on any atom is 0.257 e. The van der Waals surface area contributed by atoms with E-state index in [0.717, 1.165) is 37.2 Å². The first kappa shape index (κ1) is 20.7. The fourth-order valence-corrected chi connectivity index (χ4v) is 4.46. The van der Waals surface area contributed by atoms with E-state index >= 15 is 0 Å². The molecule has 25 heavy (non-hydrogen) atoms. The minimum Gasteiger partial charge on any atom is -0.324 e. The lowest BCUT2D eigenvalue weighted by Crippen LogP contribution is -2.56. The van der Waals surface area contributed by atoms with Crippen molar-refractivity contribution in [2.45, 2.75) is 13.3 Å². The van der Waals surface area contributed by atoms with Crippen LogP contribution in [0.3, 0.4) is 0 Å². The van der Waals surface area contributed by atoms with Crippen molar-refractivity contribution >= 4 is 38.9 Å². The van der Waals surface area contributed by atoms with Crippen molar-refractivity contribution in [1.29, 1.82) is 0 Å². The number of anilines is 1. The Bertz CT molecular complexity index is 696. The zero-order valence-corrected chi connectivity index (χ0v) is 17.2. The van der Waals surface area contributed by atoms with Crippen LogP contribution < -0.4 is 4.47 Å². The van der Waals surface area contributed by atoms with E-state index in [1.807, 2.05) is 0 Å². The van der Waals surface area contributed by atoms with Crippen molar-refractivity contribution in [2.75, 3.05) is 57.0 Å². The highest BCUT2D eigenvalue weighted by atomic mass is 35.5. The van der Waals surface area contributed by atoms with Gasteiger partial charge in [-0.05, 0) is 31.7 Å². The van der Waals surface area contributed by atoms with E-state index in [2.05, 4.69) is 19.0 Å². The van der Waals surface area contributed by atoms with E-state index in [4.69, 9.17) is 23.2 Å². The SMILES string of the molecule is Cc1c(Cl)cc(N(O)S(=O)(=O)CCC[N+]2(C)CCN(C)CC2)cc1Cl. The van der Waals surface area contributed by atoms with Gasteiger partial charge in [-0.15, -0.1) is 4.47 Å². The smallest absolute Gasteiger partial charge is 0.257 e. The van der Waals surface area contributed by atoms with Crippen molar-refractivity contribution in [1.82, 2.24) is 4.90 Å². The molecule has 9 heteroatoms. The van der Waals surface area contributed by atoms with Crippen molar-refractivity contribution in [3.8, 4) is 0 Å². The number of piperazine rings is 1. The van der Waals surface area contributed by atoms with Gasteiger partial charge in [0.25, 0.3) is 10.0 Å². The molecule has 1 aliphatic heterocycles. The van der Waals surface area contributed by atoms with Gasteiger partial charge in [0, 0.05) is 29.6 Å². The van der Waals surface area contributed by atoms with Gasteiger partial charge in [0.2, 0.25) is 0 Å². The van der Waals surface area contributed by atoms with Gasteiger partial charge >= 0.3 is 0 Å². The van der Waals surface area contributed by atoms with E-state index in [0.29, 0.717) is 22.0 Å². The second-order valence-electron chi connectivity index (χ2n) is 7.04. The van der Waals surface area contributed by atoms with Crippen molar-refractivity contribution < 1.29 is 18.1 Å². The molecule has 1 aliphatic rings. The Balaban J connectivity index is 1.99. The maximum absolute atomic E-state index is 12.4. The molecule has 6 nitrogen and oxygen atoms in total. The summed E-state index contributed by atoms with van der Waals surface area (Å²) >= 11 is 12.1. The summed E-state index contributed by atoms with van der Waals surface area (Å²) in [5, 5.41) is 10.8. The fraction of sp³-hybridized carbons (Fsp3) is 0.625.